The maximum Gasteiger partial charge on any atom is 0.411 e. The molecule has 2 aromatic rings. The zero-order valence-electron chi connectivity index (χ0n) is 9.32. The minimum atomic E-state index is -0.988. The van der Waals surface area contributed by atoms with Gasteiger partial charge in [-0.3, -0.25) is 9.88 Å². The summed E-state index contributed by atoms with van der Waals surface area (Å²) in [6.45, 7) is 2.16. The van der Waals surface area contributed by atoms with E-state index in [1.807, 2.05) is 6.07 Å². The average Bonchev–Trinajstić information content (AvgIpc) is 2.80. The van der Waals surface area contributed by atoms with E-state index >= 15 is 0 Å². The molecule has 0 spiro atoms. The van der Waals surface area contributed by atoms with Crippen LogP contribution in [0.4, 0.5) is 10.5 Å². The molecule has 0 radical (unpaired) electrons. The van der Waals surface area contributed by atoms with Crippen LogP contribution in [0.15, 0.2) is 36.9 Å². The molecular formula is C11H12N4O2. The van der Waals surface area contributed by atoms with Crippen molar-refractivity contribution in [3.05, 3.63) is 36.9 Å². The lowest BCUT2D eigenvalue weighted by atomic mass is 10.4. The molecule has 0 saturated heterocycles. The van der Waals surface area contributed by atoms with Gasteiger partial charge in [0.05, 0.1) is 30.0 Å². The van der Waals surface area contributed by atoms with Gasteiger partial charge in [-0.2, -0.15) is 5.10 Å². The molecule has 1 amide bonds. The zero-order chi connectivity index (χ0) is 12.3. The number of amides is 1. The maximum atomic E-state index is 11.0. The lowest BCUT2D eigenvalue weighted by Gasteiger charge is -2.13. The van der Waals surface area contributed by atoms with E-state index in [9.17, 15) is 4.79 Å². The number of aromatic nitrogens is 3. The van der Waals surface area contributed by atoms with Gasteiger partial charge in [0.25, 0.3) is 0 Å². The smallest absolute Gasteiger partial charge is 0.411 e. The van der Waals surface area contributed by atoms with Crippen LogP contribution in [0.25, 0.3) is 5.69 Å². The summed E-state index contributed by atoms with van der Waals surface area (Å²) < 4.78 is 1.59. The van der Waals surface area contributed by atoms with Crippen molar-refractivity contribution in [3.63, 3.8) is 0 Å². The Hall–Kier alpha value is -2.37. The van der Waals surface area contributed by atoms with Crippen molar-refractivity contribution in [2.45, 2.75) is 6.92 Å². The van der Waals surface area contributed by atoms with Gasteiger partial charge >= 0.3 is 6.09 Å². The highest BCUT2D eigenvalue weighted by atomic mass is 16.4. The first kappa shape index (κ1) is 11.1. The summed E-state index contributed by atoms with van der Waals surface area (Å²) in [5, 5.41) is 13.1. The quantitative estimate of drug-likeness (QED) is 0.875. The van der Waals surface area contributed by atoms with Gasteiger partial charge in [0, 0.05) is 12.7 Å². The largest absolute Gasteiger partial charge is 0.465 e. The molecule has 0 aliphatic carbocycles. The summed E-state index contributed by atoms with van der Waals surface area (Å²) in [7, 11) is 0. The topological polar surface area (TPSA) is 71.2 Å². The molecule has 0 aliphatic heterocycles. The minimum absolute atomic E-state index is 0.383. The molecule has 6 nitrogen and oxygen atoms in total. The van der Waals surface area contributed by atoms with E-state index in [4.69, 9.17) is 5.11 Å². The summed E-state index contributed by atoms with van der Waals surface area (Å²) in [6.07, 6.45) is 5.52. The van der Waals surface area contributed by atoms with Gasteiger partial charge in [-0.25, -0.2) is 9.48 Å². The molecule has 1 N–H and O–H groups in total. The third kappa shape index (κ3) is 2.25. The van der Waals surface area contributed by atoms with E-state index in [1.54, 1.807) is 36.3 Å². The van der Waals surface area contributed by atoms with E-state index in [0.29, 0.717) is 12.2 Å². The number of hydrogen-bond donors (Lipinski definition) is 1. The Balaban J connectivity index is 2.30. The summed E-state index contributed by atoms with van der Waals surface area (Å²) in [5.41, 5.74) is 1.34. The number of anilines is 1. The van der Waals surface area contributed by atoms with Gasteiger partial charge in [-0.1, -0.05) is 0 Å². The van der Waals surface area contributed by atoms with Crippen LogP contribution in [0.2, 0.25) is 0 Å². The molecule has 0 aliphatic rings. The van der Waals surface area contributed by atoms with Crippen LogP contribution in [0.5, 0.6) is 0 Å². The highest BCUT2D eigenvalue weighted by Gasteiger charge is 2.14. The molecule has 2 rings (SSSR count). The molecule has 0 aromatic carbocycles. The van der Waals surface area contributed by atoms with E-state index < -0.39 is 6.09 Å². The molecule has 88 valence electrons. The molecule has 0 fully saturated rings. The molecule has 0 saturated carbocycles. The fraction of sp³-hybridized carbons (Fsp3) is 0.182. The van der Waals surface area contributed by atoms with E-state index in [2.05, 4.69) is 10.1 Å². The first-order valence-corrected chi connectivity index (χ1v) is 5.18. The number of hydrogen-bond acceptors (Lipinski definition) is 3. The number of nitrogens with zero attached hydrogens (tertiary/aromatic N) is 4. The number of carbonyl (C=O) groups is 1. The normalized spacial score (nSPS) is 10.2. The van der Waals surface area contributed by atoms with Crippen LogP contribution >= 0.6 is 0 Å². The summed E-state index contributed by atoms with van der Waals surface area (Å²) in [5.74, 6) is 0. The van der Waals surface area contributed by atoms with Gasteiger partial charge < -0.3 is 5.11 Å². The summed E-state index contributed by atoms with van der Waals surface area (Å²) in [6, 6.07) is 3.65. The van der Waals surface area contributed by atoms with Crippen molar-refractivity contribution in [3.8, 4) is 5.69 Å². The van der Waals surface area contributed by atoms with Crippen LogP contribution in [0.1, 0.15) is 6.92 Å². The average molecular weight is 232 g/mol. The van der Waals surface area contributed by atoms with Crippen molar-refractivity contribution in [1.82, 2.24) is 14.8 Å². The molecule has 0 atom stereocenters. The highest BCUT2D eigenvalue weighted by molar-refractivity contribution is 5.85. The molecule has 2 heterocycles. The zero-order valence-corrected chi connectivity index (χ0v) is 9.32. The fourth-order valence-electron chi connectivity index (χ4n) is 1.51. The number of carboxylic acid groups (broad SMARTS) is 1. The van der Waals surface area contributed by atoms with E-state index in [-0.39, 0.29) is 0 Å². The second-order valence-electron chi connectivity index (χ2n) is 3.38. The van der Waals surface area contributed by atoms with Crippen molar-refractivity contribution in [1.29, 1.82) is 0 Å². The molecule has 6 heteroatoms. The van der Waals surface area contributed by atoms with Crippen molar-refractivity contribution < 1.29 is 9.90 Å². The summed E-state index contributed by atoms with van der Waals surface area (Å²) in [4.78, 5) is 16.2. The predicted molar refractivity (Wildman–Crippen MR) is 62.4 cm³/mol. The number of rotatable bonds is 3. The van der Waals surface area contributed by atoms with E-state index in [1.165, 1.54) is 11.1 Å². The Morgan fingerprint density at radius 1 is 1.53 bits per heavy atom. The van der Waals surface area contributed by atoms with Gasteiger partial charge in [0.15, 0.2) is 0 Å². The second kappa shape index (κ2) is 4.65. The van der Waals surface area contributed by atoms with Crippen molar-refractivity contribution >= 4 is 11.8 Å². The molecule has 17 heavy (non-hydrogen) atoms. The van der Waals surface area contributed by atoms with Crippen molar-refractivity contribution in [2.75, 3.05) is 11.4 Å². The van der Waals surface area contributed by atoms with Gasteiger partial charge in [0.1, 0.15) is 0 Å². The van der Waals surface area contributed by atoms with Crippen LogP contribution in [-0.2, 0) is 0 Å². The third-order valence-corrected chi connectivity index (χ3v) is 2.34. The first-order valence-electron chi connectivity index (χ1n) is 5.18. The Morgan fingerprint density at radius 3 is 2.94 bits per heavy atom. The molecular weight excluding hydrogens is 220 g/mol. The molecule has 0 bridgehead atoms. The van der Waals surface area contributed by atoms with Crippen molar-refractivity contribution in [2.24, 2.45) is 0 Å². The maximum absolute atomic E-state index is 11.0. The molecule has 2 aromatic heterocycles. The Morgan fingerprint density at radius 2 is 2.35 bits per heavy atom. The van der Waals surface area contributed by atoms with Crippen LogP contribution < -0.4 is 4.90 Å². The lowest BCUT2D eigenvalue weighted by molar-refractivity contribution is 0.202. The first-order chi connectivity index (χ1) is 8.22. The van der Waals surface area contributed by atoms with Gasteiger partial charge in [-0.05, 0) is 19.1 Å². The Bertz CT molecular complexity index is 509. The fourth-order valence-corrected chi connectivity index (χ4v) is 1.51. The highest BCUT2D eigenvalue weighted by Crippen LogP contribution is 2.15. The third-order valence-electron chi connectivity index (χ3n) is 2.34. The Kier molecular flexibility index (Phi) is 3.04. The van der Waals surface area contributed by atoms with Gasteiger partial charge in [-0.15, -0.1) is 0 Å². The van der Waals surface area contributed by atoms with Crippen LogP contribution in [0, 0.1) is 0 Å². The minimum Gasteiger partial charge on any atom is -0.465 e. The van der Waals surface area contributed by atoms with Gasteiger partial charge in [0.2, 0.25) is 0 Å². The predicted octanol–water partition coefficient (Wildman–Crippen LogP) is 1.77. The van der Waals surface area contributed by atoms with Crippen LogP contribution in [-0.4, -0.2) is 32.5 Å². The SMILES string of the molecule is CCN(C(=O)O)c1cnn(-c2cccnc2)c1. The number of pyridine rings is 1. The monoisotopic (exact) mass is 232 g/mol. The second-order valence-corrected chi connectivity index (χ2v) is 3.38. The standard InChI is InChI=1S/C11H12N4O2/c1-2-14(11(16)17)10-7-13-15(8-10)9-4-3-5-12-6-9/h3-8H,2H2,1H3,(H,16,17). The lowest BCUT2D eigenvalue weighted by Crippen LogP contribution is -2.28. The molecule has 0 unspecified atom stereocenters. The van der Waals surface area contributed by atoms with Crippen LogP contribution in [0.3, 0.4) is 0 Å². The van der Waals surface area contributed by atoms with E-state index in [0.717, 1.165) is 5.69 Å². The summed E-state index contributed by atoms with van der Waals surface area (Å²) >= 11 is 0. The Labute approximate surface area is 98.1 Å².